The fourth-order valence-electron chi connectivity index (χ4n) is 3.53. The van der Waals surface area contributed by atoms with Gasteiger partial charge in [0.05, 0.1) is 6.61 Å². The molecule has 1 aliphatic carbocycles. The molecule has 0 radical (unpaired) electrons. The number of ether oxygens (including phenoxy) is 2. The van der Waals surface area contributed by atoms with Crippen molar-refractivity contribution < 1.29 is 18.3 Å². The average Bonchev–Trinajstić information content (AvgIpc) is 2.63. The second-order valence-electron chi connectivity index (χ2n) is 6.75. The largest absolute Gasteiger partial charge is 0.490 e. The number of hydrogen-bond acceptors (Lipinski definition) is 2. The highest BCUT2D eigenvalue weighted by Crippen LogP contribution is 2.37. The summed E-state index contributed by atoms with van der Waals surface area (Å²) in [6.45, 7) is 7.91. The van der Waals surface area contributed by atoms with Gasteiger partial charge in [0.1, 0.15) is 6.10 Å². The predicted octanol–water partition coefficient (Wildman–Crippen LogP) is 5.22. The zero-order valence-corrected chi connectivity index (χ0v) is 13.9. The van der Waals surface area contributed by atoms with Crippen LogP contribution in [0, 0.1) is 23.5 Å². The molecule has 1 aliphatic heterocycles. The Morgan fingerprint density at radius 1 is 1.08 bits per heavy atom. The minimum Gasteiger partial charge on any atom is -0.490 e. The van der Waals surface area contributed by atoms with Crippen LogP contribution in [-0.2, 0) is 6.42 Å². The van der Waals surface area contributed by atoms with Gasteiger partial charge in [-0.3, -0.25) is 0 Å². The second-order valence-corrected chi connectivity index (χ2v) is 6.75. The van der Waals surface area contributed by atoms with Gasteiger partial charge >= 0.3 is 0 Å². The van der Waals surface area contributed by atoms with E-state index >= 15 is 0 Å². The molecule has 1 unspecified atom stereocenters. The van der Waals surface area contributed by atoms with Crippen LogP contribution in [0.1, 0.15) is 37.7 Å². The molecule has 1 fully saturated rings. The highest BCUT2D eigenvalue weighted by Gasteiger charge is 2.27. The van der Waals surface area contributed by atoms with E-state index in [2.05, 4.69) is 13.2 Å². The van der Waals surface area contributed by atoms with E-state index in [0.717, 1.165) is 25.7 Å². The molecule has 0 spiro atoms. The number of allylic oxidation sites excluding steroid dienone is 1. The van der Waals surface area contributed by atoms with Crippen LogP contribution in [0.25, 0.3) is 0 Å². The summed E-state index contributed by atoms with van der Waals surface area (Å²) in [4.78, 5) is 0. The highest BCUT2D eigenvalue weighted by molar-refractivity contribution is 5.44. The quantitative estimate of drug-likeness (QED) is 0.688. The summed E-state index contributed by atoms with van der Waals surface area (Å²) in [5, 5.41) is 0. The number of rotatable bonds is 5. The summed E-state index contributed by atoms with van der Waals surface area (Å²) in [7, 11) is 0. The van der Waals surface area contributed by atoms with Crippen molar-refractivity contribution in [1.29, 1.82) is 0 Å². The molecule has 2 nitrogen and oxygen atoms in total. The molecule has 0 saturated heterocycles. The molecule has 3 rings (SSSR count). The minimum absolute atomic E-state index is 0.00209. The van der Waals surface area contributed by atoms with Crippen LogP contribution >= 0.6 is 0 Å². The van der Waals surface area contributed by atoms with Crippen LogP contribution in [0.4, 0.5) is 8.78 Å². The zero-order valence-electron chi connectivity index (χ0n) is 13.9. The van der Waals surface area contributed by atoms with Crippen molar-refractivity contribution in [2.45, 2.75) is 44.6 Å². The third-order valence-corrected chi connectivity index (χ3v) is 5.13. The van der Waals surface area contributed by atoms with E-state index in [4.69, 9.17) is 9.47 Å². The summed E-state index contributed by atoms with van der Waals surface area (Å²) in [5.41, 5.74) is 0.664. The Morgan fingerprint density at radius 2 is 1.83 bits per heavy atom. The van der Waals surface area contributed by atoms with Crippen LogP contribution in [-0.4, -0.2) is 12.7 Å². The summed E-state index contributed by atoms with van der Waals surface area (Å²) < 4.78 is 39.7. The van der Waals surface area contributed by atoms with Gasteiger partial charge in [0, 0.05) is 5.56 Å². The molecule has 1 aromatic rings. The first-order chi connectivity index (χ1) is 11.6. The molecular weight excluding hydrogens is 310 g/mol. The standard InChI is InChI=1S/C20H24F2O2/c1-3-13-5-7-14(8-6-13)12-23-17-11-15-9-10-16(4-2)24-20(15)19(22)18(17)21/h3-4,11,13-14,16H,1-2,5-10,12H2. The molecule has 1 aromatic carbocycles. The molecule has 1 heterocycles. The molecule has 0 aromatic heterocycles. The molecule has 2 aliphatic rings. The molecular formula is C20H24F2O2. The van der Waals surface area contributed by atoms with Crippen molar-refractivity contribution in [3.8, 4) is 11.5 Å². The highest BCUT2D eigenvalue weighted by atomic mass is 19.2. The molecule has 0 N–H and O–H groups in total. The van der Waals surface area contributed by atoms with Gasteiger partial charge < -0.3 is 9.47 Å². The zero-order chi connectivity index (χ0) is 17.1. The fourth-order valence-corrected chi connectivity index (χ4v) is 3.53. The van der Waals surface area contributed by atoms with Crippen molar-refractivity contribution in [3.63, 3.8) is 0 Å². The summed E-state index contributed by atoms with van der Waals surface area (Å²) in [5.74, 6) is -0.946. The Labute approximate surface area is 142 Å². The van der Waals surface area contributed by atoms with Gasteiger partial charge in [0.2, 0.25) is 11.6 Å². The van der Waals surface area contributed by atoms with Crippen LogP contribution in [0.5, 0.6) is 11.5 Å². The van der Waals surface area contributed by atoms with E-state index in [0.29, 0.717) is 36.8 Å². The minimum atomic E-state index is -0.960. The van der Waals surface area contributed by atoms with Crippen LogP contribution in [0.2, 0.25) is 0 Å². The van der Waals surface area contributed by atoms with Crippen molar-refractivity contribution in [3.05, 3.63) is 48.6 Å². The van der Waals surface area contributed by atoms with Gasteiger partial charge in [-0.05, 0) is 56.4 Å². The smallest absolute Gasteiger partial charge is 0.204 e. The first-order valence-corrected chi connectivity index (χ1v) is 8.67. The molecule has 130 valence electrons. The molecule has 4 heteroatoms. The van der Waals surface area contributed by atoms with Gasteiger partial charge in [-0.15, -0.1) is 6.58 Å². The van der Waals surface area contributed by atoms with E-state index in [1.165, 1.54) is 0 Å². The maximum absolute atomic E-state index is 14.3. The third kappa shape index (κ3) is 3.47. The molecule has 0 amide bonds. The molecule has 1 atom stereocenters. The van der Waals surface area contributed by atoms with E-state index in [9.17, 15) is 8.78 Å². The lowest BCUT2D eigenvalue weighted by Gasteiger charge is -2.27. The van der Waals surface area contributed by atoms with E-state index in [1.54, 1.807) is 12.1 Å². The molecule has 1 saturated carbocycles. The number of hydrogen-bond donors (Lipinski definition) is 0. The monoisotopic (exact) mass is 334 g/mol. The lowest BCUT2D eigenvalue weighted by Crippen LogP contribution is -2.22. The normalized spacial score (nSPS) is 26.2. The fraction of sp³-hybridized carbons (Fsp3) is 0.500. The average molecular weight is 334 g/mol. The lowest BCUT2D eigenvalue weighted by molar-refractivity contribution is 0.181. The first kappa shape index (κ1) is 17.0. The topological polar surface area (TPSA) is 18.5 Å². The maximum atomic E-state index is 14.3. The van der Waals surface area contributed by atoms with Crippen LogP contribution in [0.15, 0.2) is 31.4 Å². The Bertz CT molecular complexity index is 619. The summed E-state index contributed by atoms with van der Waals surface area (Å²) >= 11 is 0. The Balaban J connectivity index is 1.67. The number of aryl methyl sites for hydroxylation is 1. The Hall–Kier alpha value is -1.84. The van der Waals surface area contributed by atoms with Gasteiger partial charge in [-0.1, -0.05) is 18.7 Å². The number of fused-ring (bicyclic) bond motifs is 1. The van der Waals surface area contributed by atoms with Crippen molar-refractivity contribution in [2.75, 3.05) is 6.61 Å². The van der Waals surface area contributed by atoms with E-state index in [1.807, 2.05) is 6.08 Å². The van der Waals surface area contributed by atoms with Gasteiger partial charge in [-0.25, -0.2) is 0 Å². The van der Waals surface area contributed by atoms with E-state index < -0.39 is 11.6 Å². The molecule has 24 heavy (non-hydrogen) atoms. The van der Waals surface area contributed by atoms with Gasteiger partial charge in [-0.2, -0.15) is 8.78 Å². The van der Waals surface area contributed by atoms with E-state index in [-0.39, 0.29) is 17.6 Å². The Morgan fingerprint density at radius 3 is 2.50 bits per heavy atom. The van der Waals surface area contributed by atoms with Gasteiger partial charge in [0.25, 0.3) is 0 Å². The van der Waals surface area contributed by atoms with Crippen molar-refractivity contribution >= 4 is 0 Å². The molecule has 0 bridgehead atoms. The number of benzene rings is 1. The second kappa shape index (κ2) is 7.37. The third-order valence-electron chi connectivity index (χ3n) is 5.13. The van der Waals surface area contributed by atoms with Gasteiger partial charge in [0.15, 0.2) is 11.5 Å². The van der Waals surface area contributed by atoms with Crippen LogP contribution in [0.3, 0.4) is 0 Å². The van der Waals surface area contributed by atoms with Crippen LogP contribution < -0.4 is 9.47 Å². The SMILES string of the molecule is C=CC1CCC(COc2cc3c(c(F)c2F)OC(C=C)CC3)CC1. The number of halogens is 2. The Kier molecular flexibility index (Phi) is 5.22. The van der Waals surface area contributed by atoms with Crippen molar-refractivity contribution in [2.24, 2.45) is 11.8 Å². The maximum Gasteiger partial charge on any atom is 0.204 e. The summed E-state index contributed by atoms with van der Waals surface area (Å²) in [6, 6.07) is 1.59. The summed E-state index contributed by atoms with van der Waals surface area (Å²) in [6.07, 6.45) is 8.96. The van der Waals surface area contributed by atoms with Crippen molar-refractivity contribution in [1.82, 2.24) is 0 Å². The predicted molar refractivity (Wildman–Crippen MR) is 90.4 cm³/mol. The lowest BCUT2D eigenvalue weighted by atomic mass is 9.82. The first-order valence-electron chi connectivity index (χ1n) is 8.67.